The maximum Gasteiger partial charge on any atom is 0.230 e. The second-order valence-corrected chi connectivity index (χ2v) is 6.31. The van der Waals surface area contributed by atoms with Gasteiger partial charge < -0.3 is 19.7 Å². The third-order valence-electron chi connectivity index (χ3n) is 4.69. The van der Waals surface area contributed by atoms with E-state index in [1.165, 1.54) is 16.0 Å². The fourth-order valence-electron chi connectivity index (χ4n) is 3.27. The number of hydrogen-bond donors (Lipinski definition) is 2. The lowest BCUT2D eigenvalue weighted by atomic mass is 10.00. The lowest BCUT2D eigenvalue weighted by molar-refractivity contribution is -0.915. The van der Waals surface area contributed by atoms with Gasteiger partial charge in [0, 0.05) is 18.1 Å². The number of amides is 1. The van der Waals surface area contributed by atoms with E-state index in [0.717, 1.165) is 26.1 Å². The molecule has 0 aromatic heterocycles. The van der Waals surface area contributed by atoms with Gasteiger partial charge in [0.2, 0.25) is 5.91 Å². The first-order valence-corrected chi connectivity index (χ1v) is 8.62. The fraction of sp³-hybridized carbons (Fsp3) is 0.350. The van der Waals surface area contributed by atoms with E-state index in [4.69, 9.17) is 9.47 Å². The summed E-state index contributed by atoms with van der Waals surface area (Å²) >= 11 is 0. The van der Waals surface area contributed by atoms with Crippen molar-refractivity contribution in [2.45, 2.75) is 19.4 Å². The monoisotopic (exact) mass is 341 g/mol. The Morgan fingerprint density at radius 3 is 2.68 bits per heavy atom. The van der Waals surface area contributed by atoms with Crippen molar-refractivity contribution in [3.63, 3.8) is 0 Å². The fourth-order valence-corrected chi connectivity index (χ4v) is 3.27. The predicted molar refractivity (Wildman–Crippen MR) is 97.3 cm³/mol. The molecule has 5 heteroatoms. The molecule has 0 saturated heterocycles. The number of hydrogen-bond acceptors (Lipinski definition) is 3. The Morgan fingerprint density at radius 2 is 1.92 bits per heavy atom. The smallest absolute Gasteiger partial charge is 0.230 e. The zero-order valence-electron chi connectivity index (χ0n) is 14.8. The molecule has 0 spiro atoms. The summed E-state index contributed by atoms with van der Waals surface area (Å²) in [6, 6.07) is 14.0. The van der Waals surface area contributed by atoms with E-state index in [1.807, 2.05) is 6.07 Å². The molecule has 1 unspecified atom stereocenters. The molecule has 0 aliphatic carbocycles. The molecule has 1 atom stereocenters. The van der Waals surface area contributed by atoms with Gasteiger partial charge in [0.25, 0.3) is 0 Å². The molecular weight excluding hydrogens is 316 g/mol. The van der Waals surface area contributed by atoms with E-state index in [1.54, 1.807) is 26.4 Å². The van der Waals surface area contributed by atoms with E-state index in [9.17, 15) is 4.79 Å². The van der Waals surface area contributed by atoms with Crippen molar-refractivity contribution in [2.75, 3.05) is 32.6 Å². The molecule has 0 bridgehead atoms. The van der Waals surface area contributed by atoms with Gasteiger partial charge in [-0.25, -0.2) is 0 Å². The Balaban J connectivity index is 1.55. The van der Waals surface area contributed by atoms with Gasteiger partial charge in [-0.05, 0) is 17.7 Å². The van der Waals surface area contributed by atoms with Crippen molar-refractivity contribution >= 4 is 11.6 Å². The van der Waals surface area contributed by atoms with E-state index in [2.05, 4.69) is 29.6 Å². The van der Waals surface area contributed by atoms with E-state index < -0.39 is 0 Å². The molecule has 2 N–H and O–H groups in total. The summed E-state index contributed by atoms with van der Waals surface area (Å²) in [7, 11) is 3.19. The minimum absolute atomic E-state index is 0.00193. The largest absolute Gasteiger partial charge is 0.497 e. The standard InChI is InChI=1S/C20H24N2O3/c1-24-17-7-8-19(25-2)18(13-17)21-20(23)10-12-22-11-9-15-5-3-4-6-16(15)14-22/h3-8,13H,9-12,14H2,1-2H3,(H,21,23)/p+1. The quantitative estimate of drug-likeness (QED) is 0.840. The van der Waals surface area contributed by atoms with Gasteiger partial charge >= 0.3 is 0 Å². The molecule has 0 saturated carbocycles. The first-order valence-electron chi connectivity index (χ1n) is 8.62. The lowest BCUT2D eigenvalue weighted by Gasteiger charge is -2.25. The van der Waals surface area contributed by atoms with Gasteiger partial charge in [0.05, 0.1) is 39.4 Å². The van der Waals surface area contributed by atoms with E-state index >= 15 is 0 Å². The van der Waals surface area contributed by atoms with Crippen LogP contribution in [0.4, 0.5) is 5.69 Å². The second-order valence-electron chi connectivity index (χ2n) is 6.31. The van der Waals surface area contributed by atoms with Crippen LogP contribution in [0.1, 0.15) is 17.5 Å². The molecule has 3 rings (SSSR count). The minimum Gasteiger partial charge on any atom is -0.497 e. The van der Waals surface area contributed by atoms with Crippen molar-refractivity contribution in [1.29, 1.82) is 0 Å². The number of carbonyl (C=O) groups excluding carboxylic acids is 1. The van der Waals surface area contributed by atoms with Crippen LogP contribution >= 0.6 is 0 Å². The lowest BCUT2D eigenvalue weighted by Crippen LogP contribution is -3.11. The maximum atomic E-state index is 12.3. The normalized spacial score (nSPS) is 16.0. The van der Waals surface area contributed by atoms with Crippen LogP contribution in [0, 0.1) is 0 Å². The highest BCUT2D eigenvalue weighted by molar-refractivity contribution is 5.92. The molecule has 1 heterocycles. The van der Waals surface area contributed by atoms with Crippen molar-refractivity contribution in [2.24, 2.45) is 0 Å². The number of methoxy groups -OCH3 is 2. The Hall–Kier alpha value is -2.53. The van der Waals surface area contributed by atoms with Gasteiger partial charge in [0.15, 0.2) is 0 Å². The van der Waals surface area contributed by atoms with Gasteiger partial charge in [-0.15, -0.1) is 0 Å². The molecule has 2 aromatic carbocycles. The van der Waals surface area contributed by atoms with Crippen LogP contribution in [-0.4, -0.2) is 33.2 Å². The summed E-state index contributed by atoms with van der Waals surface area (Å²) in [5.74, 6) is 1.32. The number of nitrogens with one attached hydrogen (secondary N) is 2. The first-order chi connectivity index (χ1) is 12.2. The number of benzene rings is 2. The molecule has 132 valence electrons. The zero-order chi connectivity index (χ0) is 17.6. The van der Waals surface area contributed by atoms with Crippen molar-refractivity contribution < 1.29 is 19.2 Å². The Morgan fingerprint density at radius 1 is 1.12 bits per heavy atom. The summed E-state index contributed by atoms with van der Waals surface area (Å²) in [5.41, 5.74) is 3.49. The van der Waals surface area contributed by atoms with Gasteiger partial charge in [-0.3, -0.25) is 4.79 Å². The molecule has 5 nitrogen and oxygen atoms in total. The Bertz CT molecular complexity index is 745. The molecular formula is C20H25N2O3+. The van der Waals surface area contributed by atoms with Gasteiger partial charge in [-0.1, -0.05) is 24.3 Å². The SMILES string of the molecule is COc1ccc(OC)c(NC(=O)CC[NH+]2CCc3ccccc3C2)c1. The average Bonchev–Trinajstić information content (AvgIpc) is 2.66. The van der Waals surface area contributed by atoms with Gasteiger partial charge in [0.1, 0.15) is 18.0 Å². The van der Waals surface area contributed by atoms with Crippen LogP contribution < -0.4 is 19.7 Å². The number of fused-ring (bicyclic) bond motifs is 1. The summed E-state index contributed by atoms with van der Waals surface area (Å²) < 4.78 is 10.5. The first kappa shape index (κ1) is 17.3. The molecule has 0 fully saturated rings. The summed E-state index contributed by atoms with van der Waals surface area (Å²) in [5, 5.41) is 2.94. The number of quaternary nitrogens is 1. The molecule has 25 heavy (non-hydrogen) atoms. The van der Waals surface area contributed by atoms with Crippen LogP contribution in [-0.2, 0) is 17.8 Å². The highest BCUT2D eigenvalue weighted by Gasteiger charge is 2.20. The average molecular weight is 341 g/mol. The molecule has 0 radical (unpaired) electrons. The molecule has 1 aliphatic heterocycles. The Kier molecular flexibility index (Phi) is 5.56. The number of carbonyl (C=O) groups is 1. The van der Waals surface area contributed by atoms with Crippen molar-refractivity contribution in [1.82, 2.24) is 0 Å². The second kappa shape index (κ2) is 8.03. The van der Waals surface area contributed by atoms with Crippen LogP contribution in [0.3, 0.4) is 0 Å². The van der Waals surface area contributed by atoms with Gasteiger partial charge in [-0.2, -0.15) is 0 Å². The summed E-state index contributed by atoms with van der Waals surface area (Å²) in [4.78, 5) is 13.8. The molecule has 1 aliphatic rings. The predicted octanol–water partition coefficient (Wildman–Crippen LogP) is 1.67. The van der Waals surface area contributed by atoms with E-state index in [-0.39, 0.29) is 5.91 Å². The number of ether oxygens (including phenoxy) is 2. The highest BCUT2D eigenvalue weighted by atomic mass is 16.5. The van der Waals surface area contributed by atoms with Crippen molar-refractivity contribution in [3.05, 3.63) is 53.6 Å². The number of anilines is 1. The zero-order valence-corrected chi connectivity index (χ0v) is 14.8. The topological polar surface area (TPSA) is 52.0 Å². The third kappa shape index (κ3) is 4.31. The third-order valence-corrected chi connectivity index (χ3v) is 4.69. The maximum absolute atomic E-state index is 12.3. The van der Waals surface area contributed by atoms with Crippen LogP contribution in [0.5, 0.6) is 11.5 Å². The van der Waals surface area contributed by atoms with Crippen LogP contribution in [0.25, 0.3) is 0 Å². The number of rotatable bonds is 6. The molecule has 1 amide bonds. The highest BCUT2D eigenvalue weighted by Crippen LogP contribution is 2.28. The summed E-state index contributed by atoms with van der Waals surface area (Å²) in [6.07, 6.45) is 1.56. The van der Waals surface area contributed by atoms with Crippen LogP contribution in [0.15, 0.2) is 42.5 Å². The molecule has 2 aromatic rings. The Labute approximate surface area is 148 Å². The van der Waals surface area contributed by atoms with Crippen LogP contribution in [0.2, 0.25) is 0 Å². The van der Waals surface area contributed by atoms with E-state index in [0.29, 0.717) is 23.6 Å². The summed E-state index contributed by atoms with van der Waals surface area (Å²) in [6.45, 7) is 2.89. The van der Waals surface area contributed by atoms with Crippen molar-refractivity contribution in [3.8, 4) is 11.5 Å². The minimum atomic E-state index is -0.00193.